The summed E-state index contributed by atoms with van der Waals surface area (Å²) in [5, 5.41) is 0. The molecule has 1 atom stereocenters. The van der Waals surface area contributed by atoms with Crippen LogP contribution in [-0.4, -0.2) is 37.2 Å². The van der Waals surface area contributed by atoms with Crippen molar-refractivity contribution in [3.8, 4) is 0 Å². The molecule has 0 aliphatic heterocycles. The largest absolute Gasteiger partial charge is 0.462 e. The molecule has 6 heteroatoms. The summed E-state index contributed by atoms with van der Waals surface area (Å²) in [5.74, 6) is -0.927. The topological polar surface area (TPSA) is 78.9 Å². The van der Waals surface area contributed by atoms with Crippen molar-refractivity contribution < 1.29 is 28.6 Å². The van der Waals surface area contributed by atoms with Crippen LogP contribution >= 0.6 is 0 Å². The minimum Gasteiger partial charge on any atom is -0.462 e. The van der Waals surface area contributed by atoms with E-state index in [0.717, 1.165) is 103 Å². The van der Waals surface area contributed by atoms with E-state index >= 15 is 0 Å². The molecule has 0 aromatic heterocycles. The fourth-order valence-electron chi connectivity index (χ4n) is 9.09. The van der Waals surface area contributed by atoms with Gasteiger partial charge < -0.3 is 14.2 Å². The third-order valence-electron chi connectivity index (χ3n) is 13.9. The Bertz CT molecular complexity index is 1430. The average molecular weight is 1050 g/mol. The van der Waals surface area contributed by atoms with Crippen LogP contribution in [0.5, 0.6) is 0 Å². The fourth-order valence-corrected chi connectivity index (χ4v) is 9.09. The first-order chi connectivity index (χ1) is 37.0. The molecule has 0 radical (unpaired) electrons. The molecule has 0 fully saturated rings. The van der Waals surface area contributed by atoms with E-state index in [1.54, 1.807) is 0 Å². The zero-order chi connectivity index (χ0) is 54.3. The number of esters is 3. The molecule has 1 unspecified atom stereocenters. The highest BCUT2D eigenvalue weighted by Crippen LogP contribution is 2.17. The molecular formula is C69H120O6. The normalized spacial score (nSPS) is 12.6. The van der Waals surface area contributed by atoms with E-state index in [2.05, 4.69) is 106 Å². The highest BCUT2D eigenvalue weighted by atomic mass is 16.6. The summed E-state index contributed by atoms with van der Waals surface area (Å²) in [6.07, 6.45) is 83.0. The number of allylic oxidation sites excluding steroid dienone is 14. The Morgan fingerprint density at radius 1 is 0.280 bits per heavy atom. The second-order valence-electron chi connectivity index (χ2n) is 21.3. The maximum Gasteiger partial charge on any atom is 0.306 e. The lowest BCUT2D eigenvalue weighted by Gasteiger charge is -2.18. The van der Waals surface area contributed by atoms with Crippen molar-refractivity contribution in [3.05, 3.63) is 85.1 Å². The molecule has 0 aliphatic rings. The highest BCUT2D eigenvalue weighted by molar-refractivity contribution is 5.71. The van der Waals surface area contributed by atoms with E-state index in [0.29, 0.717) is 19.3 Å². The summed E-state index contributed by atoms with van der Waals surface area (Å²) < 4.78 is 16.9. The monoisotopic (exact) mass is 1040 g/mol. The third kappa shape index (κ3) is 61.3. The zero-order valence-electron chi connectivity index (χ0n) is 49.6. The van der Waals surface area contributed by atoms with E-state index in [1.807, 2.05) is 0 Å². The van der Waals surface area contributed by atoms with Crippen LogP contribution in [0.2, 0.25) is 0 Å². The van der Waals surface area contributed by atoms with E-state index in [1.165, 1.54) is 173 Å². The summed E-state index contributed by atoms with van der Waals surface area (Å²) in [7, 11) is 0. The van der Waals surface area contributed by atoms with Gasteiger partial charge in [-0.15, -0.1) is 0 Å². The Hall–Kier alpha value is -3.41. The van der Waals surface area contributed by atoms with Gasteiger partial charge in [-0.2, -0.15) is 0 Å². The quantitative estimate of drug-likeness (QED) is 0.0261. The summed E-state index contributed by atoms with van der Waals surface area (Å²) in [4.78, 5) is 38.3. The van der Waals surface area contributed by atoms with Gasteiger partial charge in [0.05, 0.1) is 0 Å². The maximum absolute atomic E-state index is 12.9. The van der Waals surface area contributed by atoms with Crippen LogP contribution in [0.3, 0.4) is 0 Å². The molecule has 0 saturated heterocycles. The van der Waals surface area contributed by atoms with Crippen molar-refractivity contribution in [1.82, 2.24) is 0 Å². The Morgan fingerprint density at radius 2 is 0.520 bits per heavy atom. The van der Waals surface area contributed by atoms with Crippen LogP contribution in [0, 0.1) is 0 Å². The van der Waals surface area contributed by atoms with Gasteiger partial charge in [-0.1, -0.05) is 286 Å². The highest BCUT2D eigenvalue weighted by Gasteiger charge is 2.19. The smallest absolute Gasteiger partial charge is 0.306 e. The van der Waals surface area contributed by atoms with E-state index in [9.17, 15) is 14.4 Å². The SMILES string of the molecule is CC/C=C\C/C=C\C/C=C\C/C=C\CCCCC(=O)OCC(COC(=O)CCCCCCCCCC/C=C\C/C=C\C/C=C\CCCCCCC)OC(=O)CCCCCCCCCCCCCCCCCCCCC. The molecule has 0 amide bonds. The zero-order valence-corrected chi connectivity index (χ0v) is 49.6. The molecular weight excluding hydrogens is 925 g/mol. The van der Waals surface area contributed by atoms with Crippen LogP contribution in [0.4, 0.5) is 0 Å². The van der Waals surface area contributed by atoms with Crippen LogP contribution in [0.25, 0.3) is 0 Å². The standard InChI is InChI=1S/C69H120O6/c1-4-7-10-13-16-19-22-25-28-30-32-33-34-35-37-38-41-44-47-50-53-56-59-62-68(71)74-65-66(64-73-67(70)61-58-55-52-49-46-43-40-27-24-21-18-15-12-9-6-3)75-69(72)63-60-57-54-51-48-45-42-39-36-31-29-26-23-20-17-14-11-8-5-2/h9,12,18,21-22,25,27,30,32,34-35,40,46,49,66H,4-8,10-11,13-17,19-20,23-24,26,28-29,31,33,36-39,41-45,47-48,50-65H2,1-3H3/b12-9-,21-18-,25-22-,32-30-,35-34-,40-27-,49-46-. The number of rotatable bonds is 58. The van der Waals surface area contributed by atoms with Gasteiger partial charge in [0, 0.05) is 19.3 Å². The Balaban J connectivity index is 4.39. The second-order valence-corrected chi connectivity index (χ2v) is 21.3. The number of ether oxygens (including phenoxy) is 3. The minimum atomic E-state index is -0.797. The molecule has 0 rings (SSSR count). The van der Waals surface area contributed by atoms with Crippen molar-refractivity contribution in [2.45, 2.75) is 322 Å². The summed E-state index contributed by atoms with van der Waals surface area (Å²) >= 11 is 0. The predicted molar refractivity (Wildman–Crippen MR) is 325 cm³/mol. The summed E-state index contributed by atoms with van der Waals surface area (Å²) in [6.45, 7) is 6.51. The fraction of sp³-hybridized carbons (Fsp3) is 0.754. The van der Waals surface area contributed by atoms with Crippen molar-refractivity contribution in [2.24, 2.45) is 0 Å². The minimum absolute atomic E-state index is 0.0915. The lowest BCUT2D eigenvalue weighted by Crippen LogP contribution is -2.30. The van der Waals surface area contributed by atoms with Gasteiger partial charge in [-0.3, -0.25) is 14.4 Å². The lowest BCUT2D eigenvalue weighted by atomic mass is 10.0. The number of carbonyl (C=O) groups excluding carboxylic acids is 3. The molecule has 432 valence electrons. The molecule has 0 saturated carbocycles. The number of unbranched alkanes of at least 4 members (excludes halogenated alkanes) is 33. The van der Waals surface area contributed by atoms with Crippen molar-refractivity contribution >= 4 is 17.9 Å². The van der Waals surface area contributed by atoms with Crippen LogP contribution in [-0.2, 0) is 28.6 Å². The Labute approximate surface area is 465 Å². The van der Waals surface area contributed by atoms with Crippen molar-refractivity contribution in [2.75, 3.05) is 13.2 Å². The summed E-state index contributed by atoms with van der Waals surface area (Å²) in [6, 6.07) is 0. The molecule has 0 N–H and O–H groups in total. The van der Waals surface area contributed by atoms with Gasteiger partial charge in [-0.05, 0) is 96.3 Å². The first kappa shape index (κ1) is 71.6. The first-order valence-corrected chi connectivity index (χ1v) is 32.1. The lowest BCUT2D eigenvalue weighted by molar-refractivity contribution is -0.167. The molecule has 0 bridgehead atoms. The Morgan fingerprint density at radius 3 is 0.840 bits per heavy atom. The summed E-state index contributed by atoms with van der Waals surface area (Å²) in [5.41, 5.74) is 0. The van der Waals surface area contributed by atoms with Crippen LogP contribution in [0.1, 0.15) is 316 Å². The molecule has 0 aliphatic carbocycles. The second kappa shape index (κ2) is 63.1. The van der Waals surface area contributed by atoms with Gasteiger partial charge >= 0.3 is 17.9 Å². The van der Waals surface area contributed by atoms with Gasteiger partial charge in [0.1, 0.15) is 13.2 Å². The molecule has 0 spiro atoms. The van der Waals surface area contributed by atoms with Gasteiger partial charge in [0.25, 0.3) is 0 Å². The van der Waals surface area contributed by atoms with Crippen molar-refractivity contribution in [3.63, 3.8) is 0 Å². The maximum atomic E-state index is 12.9. The first-order valence-electron chi connectivity index (χ1n) is 32.1. The van der Waals surface area contributed by atoms with Crippen LogP contribution < -0.4 is 0 Å². The van der Waals surface area contributed by atoms with E-state index in [-0.39, 0.29) is 31.1 Å². The predicted octanol–water partition coefficient (Wildman–Crippen LogP) is 21.9. The molecule has 75 heavy (non-hydrogen) atoms. The average Bonchev–Trinajstić information content (AvgIpc) is 3.41. The van der Waals surface area contributed by atoms with Crippen molar-refractivity contribution in [1.29, 1.82) is 0 Å². The Kier molecular flexibility index (Phi) is 60.3. The van der Waals surface area contributed by atoms with E-state index < -0.39 is 6.10 Å². The van der Waals surface area contributed by atoms with Crippen LogP contribution in [0.15, 0.2) is 85.1 Å². The molecule has 0 aromatic rings. The number of hydrogen-bond acceptors (Lipinski definition) is 6. The van der Waals surface area contributed by atoms with Gasteiger partial charge in [0.15, 0.2) is 6.10 Å². The number of hydrogen-bond donors (Lipinski definition) is 0. The number of carbonyl (C=O) groups is 3. The van der Waals surface area contributed by atoms with Gasteiger partial charge in [0.2, 0.25) is 0 Å². The third-order valence-corrected chi connectivity index (χ3v) is 13.9. The molecule has 0 heterocycles. The molecule has 6 nitrogen and oxygen atoms in total. The molecule has 0 aromatic carbocycles. The van der Waals surface area contributed by atoms with E-state index in [4.69, 9.17) is 14.2 Å². The van der Waals surface area contributed by atoms with Gasteiger partial charge in [-0.25, -0.2) is 0 Å².